The van der Waals surface area contributed by atoms with Gasteiger partial charge in [0.15, 0.2) is 9.84 Å². The molecule has 2 aromatic rings. The van der Waals surface area contributed by atoms with Gasteiger partial charge < -0.3 is 9.63 Å². The Balaban J connectivity index is 2.20. The molecule has 0 saturated carbocycles. The summed E-state index contributed by atoms with van der Waals surface area (Å²) in [7, 11) is -3.77. The highest BCUT2D eigenvalue weighted by Crippen LogP contribution is 2.23. The Bertz CT molecular complexity index is 767. The third kappa shape index (κ3) is 3.69. The normalized spacial score (nSPS) is 13.3. The SMILES string of the molecule is Cc1noc(C)c1CS(=O)(=O)CC(O)c1cc(F)ccc1F. The molecule has 1 atom stereocenters. The van der Waals surface area contributed by atoms with Gasteiger partial charge in [-0.1, -0.05) is 5.16 Å². The molecule has 1 aromatic heterocycles. The predicted molar refractivity (Wildman–Crippen MR) is 74.8 cm³/mol. The largest absolute Gasteiger partial charge is 0.387 e. The number of sulfone groups is 1. The zero-order valence-corrected chi connectivity index (χ0v) is 12.8. The minimum absolute atomic E-state index is 0.368. The van der Waals surface area contributed by atoms with E-state index >= 15 is 0 Å². The number of halogens is 2. The van der Waals surface area contributed by atoms with Crippen molar-refractivity contribution in [3.05, 3.63) is 52.4 Å². The summed E-state index contributed by atoms with van der Waals surface area (Å²) >= 11 is 0. The lowest BCUT2D eigenvalue weighted by molar-refractivity contribution is 0.196. The molecule has 0 fully saturated rings. The zero-order chi connectivity index (χ0) is 16.5. The average Bonchev–Trinajstić information content (AvgIpc) is 2.72. The Hall–Kier alpha value is -1.80. The van der Waals surface area contributed by atoms with Gasteiger partial charge in [-0.3, -0.25) is 0 Å². The van der Waals surface area contributed by atoms with Crippen LogP contribution in [0.25, 0.3) is 0 Å². The van der Waals surface area contributed by atoms with E-state index in [9.17, 15) is 22.3 Å². The second-order valence-electron chi connectivity index (χ2n) is 5.04. The lowest BCUT2D eigenvalue weighted by atomic mass is 10.1. The monoisotopic (exact) mass is 331 g/mol. The van der Waals surface area contributed by atoms with Crippen LogP contribution < -0.4 is 0 Å². The molecule has 5 nitrogen and oxygen atoms in total. The van der Waals surface area contributed by atoms with Gasteiger partial charge in [0.05, 0.1) is 23.3 Å². The maximum absolute atomic E-state index is 13.6. The lowest BCUT2D eigenvalue weighted by Crippen LogP contribution is -2.18. The summed E-state index contributed by atoms with van der Waals surface area (Å²) in [5, 5.41) is 13.6. The number of aromatic nitrogens is 1. The van der Waals surface area contributed by atoms with E-state index in [-0.39, 0.29) is 11.3 Å². The second kappa shape index (κ2) is 6.13. The molecule has 120 valence electrons. The van der Waals surface area contributed by atoms with Crippen LogP contribution in [-0.2, 0) is 15.6 Å². The van der Waals surface area contributed by atoms with Crippen molar-refractivity contribution < 1.29 is 26.8 Å². The first-order chi connectivity index (χ1) is 10.2. The first-order valence-corrected chi connectivity index (χ1v) is 8.27. The third-order valence-electron chi connectivity index (χ3n) is 3.27. The Morgan fingerprint density at radius 2 is 2.00 bits per heavy atom. The second-order valence-corrected chi connectivity index (χ2v) is 7.15. The number of aliphatic hydroxyl groups is 1. The van der Waals surface area contributed by atoms with Crippen LogP contribution in [0.5, 0.6) is 0 Å². The Labute approximate surface area is 126 Å². The van der Waals surface area contributed by atoms with Crippen molar-refractivity contribution in [2.75, 3.05) is 5.75 Å². The fourth-order valence-electron chi connectivity index (χ4n) is 2.09. The van der Waals surface area contributed by atoms with Gasteiger partial charge in [0, 0.05) is 11.1 Å². The maximum Gasteiger partial charge on any atom is 0.157 e. The van der Waals surface area contributed by atoms with E-state index in [0.29, 0.717) is 17.0 Å². The van der Waals surface area contributed by atoms with Gasteiger partial charge in [-0.05, 0) is 32.0 Å². The van der Waals surface area contributed by atoms with Gasteiger partial charge in [0.2, 0.25) is 0 Å². The molecule has 1 N–H and O–H groups in total. The molecule has 1 unspecified atom stereocenters. The van der Waals surface area contributed by atoms with E-state index in [4.69, 9.17) is 4.52 Å². The Morgan fingerprint density at radius 3 is 2.59 bits per heavy atom. The fourth-order valence-corrected chi connectivity index (χ4v) is 3.72. The van der Waals surface area contributed by atoms with Crippen LogP contribution in [0.15, 0.2) is 22.7 Å². The quantitative estimate of drug-likeness (QED) is 0.908. The summed E-state index contributed by atoms with van der Waals surface area (Å²) in [6.07, 6.45) is -1.65. The molecule has 1 heterocycles. The van der Waals surface area contributed by atoms with Gasteiger partial charge in [-0.25, -0.2) is 17.2 Å². The Kier molecular flexibility index (Phi) is 4.62. The molecule has 2 rings (SSSR count). The molecule has 0 aliphatic rings. The molecule has 0 bridgehead atoms. The van der Waals surface area contributed by atoms with E-state index in [2.05, 4.69) is 5.16 Å². The van der Waals surface area contributed by atoms with Crippen molar-refractivity contribution in [2.24, 2.45) is 0 Å². The third-order valence-corrected chi connectivity index (χ3v) is 4.83. The summed E-state index contributed by atoms with van der Waals surface area (Å²) in [6, 6.07) is 2.52. The molecule has 1 aromatic carbocycles. The molecule has 22 heavy (non-hydrogen) atoms. The van der Waals surface area contributed by atoms with E-state index < -0.39 is 33.3 Å². The topological polar surface area (TPSA) is 80.4 Å². The van der Waals surface area contributed by atoms with Crippen molar-refractivity contribution in [3.8, 4) is 0 Å². The summed E-state index contributed by atoms with van der Waals surface area (Å²) in [6.45, 7) is 3.18. The molecule has 0 amide bonds. The van der Waals surface area contributed by atoms with Crippen LogP contribution in [0.4, 0.5) is 8.78 Å². The standard InChI is InChI=1S/C14H15F2NO4S/c1-8-12(9(2)21-17-8)6-22(19,20)7-14(18)11-5-10(15)3-4-13(11)16/h3-5,14,18H,6-7H2,1-2H3. The van der Waals surface area contributed by atoms with Gasteiger partial charge in [-0.2, -0.15) is 0 Å². The lowest BCUT2D eigenvalue weighted by Gasteiger charge is -2.12. The van der Waals surface area contributed by atoms with Gasteiger partial charge in [-0.15, -0.1) is 0 Å². The van der Waals surface area contributed by atoms with Crippen molar-refractivity contribution in [2.45, 2.75) is 25.7 Å². The highest BCUT2D eigenvalue weighted by Gasteiger charge is 2.24. The highest BCUT2D eigenvalue weighted by molar-refractivity contribution is 7.90. The minimum Gasteiger partial charge on any atom is -0.387 e. The van der Waals surface area contributed by atoms with Gasteiger partial charge in [0.25, 0.3) is 0 Å². The summed E-state index contributed by atoms with van der Waals surface area (Å²) in [5.41, 5.74) is 0.460. The molecule has 0 radical (unpaired) electrons. The predicted octanol–water partition coefficient (Wildman–Crippen LogP) is 2.22. The van der Waals surface area contributed by atoms with Crippen LogP contribution in [0.2, 0.25) is 0 Å². The van der Waals surface area contributed by atoms with Crippen LogP contribution in [0.3, 0.4) is 0 Å². The first-order valence-electron chi connectivity index (χ1n) is 6.45. The number of hydrogen-bond acceptors (Lipinski definition) is 5. The zero-order valence-electron chi connectivity index (χ0n) is 12.0. The molecular weight excluding hydrogens is 316 g/mol. The molecule has 0 aliphatic heterocycles. The minimum atomic E-state index is -3.77. The number of aryl methyl sites for hydroxylation is 2. The number of benzene rings is 1. The van der Waals surface area contributed by atoms with Crippen molar-refractivity contribution in [1.29, 1.82) is 0 Å². The number of rotatable bonds is 5. The number of hydrogen-bond donors (Lipinski definition) is 1. The fraction of sp³-hybridized carbons (Fsp3) is 0.357. The summed E-state index contributed by atoms with van der Waals surface area (Å²) in [5.74, 6) is -2.35. The number of nitrogens with zero attached hydrogens (tertiary/aromatic N) is 1. The molecule has 0 saturated heterocycles. The molecular formula is C14H15F2NO4S. The van der Waals surface area contributed by atoms with E-state index in [1.807, 2.05) is 0 Å². The summed E-state index contributed by atoms with van der Waals surface area (Å²) < 4.78 is 55.8. The first kappa shape index (κ1) is 16.6. The van der Waals surface area contributed by atoms with Gasteiger partial charge in [0.1, 0.15) is 17.4 Å². The van der Waals surface area contributed by atoms with Crippen LogP contribution >= 0.6 is 0 Å². The highest BCUT2D eigenvalue weighted by atomic mass is 32.2. The number of aliphatic hydroxyl groups excluding tert-OH is 1. The molecule has 8 heteroatoms. The van der Waals surface area contributed by atoms with E-state index in [0.717, 1.165) is 18.2 Å². The molecule has 0 spiro atoms. The van der Waals surface area contributed by atoms with Crippen LogP contribution in [0, 0.1) is 25.5 Å². The smallest absolute Gasteiger partial charge is 0.157 e. The molecule has 0 aliphatic carbocycles. The van der Waals surface area contributed by atoms with E-state index in [1.54, 1.807) is 13.8 Å². The van der Waals surface area contributed by atoms with Crippen LogP contribution in [0.1, 0.15) is 28.7 Å². The van der Waals surface area contributed by atoms with Gasteiger partial charge >= 0.3 is 0 Å². The van der Waals surface area contributed by atoms with Crippen molar-refractivity contribution in [1.82, 2.24) is 5.16 Å². The van der Waals surface area contributed by atoms with Crippen molar-refractivity contribution in [3.63, 3.8) is 0 Å². The van der Waals surface area contributed by atoms with Crippen molar-refractivity contribution >= 4 is 9.84 Å². The maximum atomic E-state index is 13.6. The Morgan fingerprint density at radius 1 is 1.32 bits per heavy atom. The summed E-state index contributed by atoms with van der Waals surface area (Å²) in [4.78, 5) is 0. The average molecular weight is 331 g/mol. The van der Waals surface area contributed by atoms with E-state index in [1.165, 1.54) is 0 Å². The van der Waals surface area contributed by atoms with Crippen LogP contribution in [-0.4, -0.2) is 24.4 Å².